The molecule has 0 aliphatic heterocycles. The van der Waals surface area contributed by atoms with Crippen LogP contribution in [0.4, 0.5) is 0 Å². The van der Waals surface area contributed by atoms with Gasteiger partial charge in [0.2, 0.25) is 5.91 Å². The molecule has 0 N–H and O–H groups in total. The highest BCUT2D eigenvalue weighted by Crippen LogP contribution is 2.23. The molecular weight excluding hydrogens is 394 g/mol. The lowest BCUT2D eigenvalue weighted by Crippen LogP contribution is -2.28. The van der Waals surface area contributed by atoms with Crippen LogP contribution in [0.25, 0.3) is 6.08 Å². The summed E-state index contributed by atoms with van der Waals surface area (Å²) in [6.45, 7) is 2.85. The molecule has 7 heteroatoms. The number of aromatic nitrogens is 2. The Hall–Kier alpha value is -2.57. The van der Waals surface area contributed by atoms with Crippen molar-refractivity contribution < 1.29 is 9.53 Å². The predicted octanol–water partition coefficient (Wildman–Crippen LogP) is 4.69. The van der Waals surface area contributed by atoms with E-state index in [1.54, 1.807) is 47.2 Å². The molecule has 1 aromatic carbocycles. The number of carbonyl (C=O) groups excluding carboxylic acids is 1. The van der Waals surface area contributed by atoms with E-state index in [-0.39, 0.29) is 5.91 Å². The molecule has 0 aliphatic rings. The number of para-hydroxylation sites is 1. The van der Waals surface area contributed by atoms with Crippen LogP contribution in [0.1, 0.15) is 21.7 Å². The molecule has 3 rings (SSSR count). The zero-order chi connectivity index (χ0) is 20.1. The van der Waals surface area contributed by atoms with Crippen LogP contribution in [0.5, 0.6) is 5.75 Å². The first-order chi connectivity index (χ1) is 13.5. The number of halogens is 1. The van der Waals surface area contributed by atoms with Crippen molar-refractivity contribution in [3.05, 3.63) is 74.7 Å². The van der Waals surface area contributed by atoms with E-state index in [1.165, 1.54) is 0 Å². The minimum absolute atomic E-state index is 0.0985. The van der Waals surface area contributed by atoms with Gasteiger partial charge in [-0.1, -0.05) is 35.9 Å². The number of hydrogen-bond donors (Lipinski definition) is 0. The number of nitrogens with zero attached hydrogens (tertiary/aromatic N) is 3. The summed E-state index contributed by atoms with van der Waals surface area (Å²) in [6.07, 6.45) is 3.29. The molecule has 0 saturated heterocycles. The van der Waals surface area contributed by atoms with Crippen LogP contribution in [-0.2, 0) is 24.9 Å². The summed E-state index contributed by atoms with van der Waals surface area (Å²) in [5.74, 6) is 0.667. The van der Waals surface area contributed by atoms with Gasteiger partial charge in [0.05, 0.1) is 19.3 Å². The summed E-state index contributed by atoms with van der Waals surface area (Å²) < 4.78 is 7.04. The van der Waals surface area contributed by atoms with E-state index in [2.05, 4.69) is 5.10 Å². The molecule has 0 aliphatic carbocycles. The number of hydrogen-bond acceptors (Lipinski definition) is 4. The Balaban J connectivity index is 1.85. The van der Waals surface area contributed by atoms with Crippen LogP contribution in [0.2, 0.25) is 5.15 Å². The molecule has 0 fully saturated rings. The lowest BCUT2D eigenvalue weighted by atomic mass is 10.1. The maximum atomic E-state index is 13.0. The summed E-state index contributed by atoms with van der Waals surface area (Å²) in [6, 6.07) is 11.7. The molecule has 0 spiro atoms. The first-order valence-corrected chi connectivity index (χ1v) is 10.1. The third kappa shape index (κ3) is 4.64. The van der Waals surface area contributed by atoms with Gasteiger partial charge in [-0.3, -0.25) is 9.48 Å². The molecule has 1 amide bonds. The Bertz CT molecular complexity index is 980. The Morgan fingerprint density at radius 1 is 1.29 bits per heavy atom. The zero-order valence-corrected chi connectivity index (χ0v) is 17.6. The second-order valence-electron chi connectivity index (χ2n) is 6.33. The van der Waals surface area contributed by atoms with Crippen molar-refractivity contribution in [3.8, 4) is 5.75 Å². The van der Waals surface area contributed by atoms with Crippen molar-refractivity contribution in [3.63, 3.8) is 0 Å². The van der Waals surface area contributed by atoms with Gasteiger partial charge in [-0.2, -0.15) is 5.10 Å². The van der Waals surface area contributed by atoms with Crippen LogP contribution in [0.15, 0.2) is 47.9 Å². The van der Waals surface area contributed by atoms with Gasteiger partial charge in [-0.05, 0) is 30.5 Å². The van der Waals surface area contributed by atoms with E-state index in [0.717, 1.165) is 27.4 Å². The second kappa shape index (κ2) is 9.08. The molecule has 0 atom stereocenters. The quantitative estimate of drug-likeness (QED) is 0.526. The zero-order valence-electron chi connectivity index (χ0n) is 16.1. The van der Waals surface area contributed by atoms with E-state index in [1.807, 2.05) is 48.7 Å². The van der Waals surface area contributed by atoms with Crippen molar-refractivity contribution >= 4 is 34.9 Å². The molecule has 0 radical (unpaired) electrons. The van der Waals surface area contributed by atoms with Crippen LogP contribution in [0, 0.1) is 6.92 Å². The maximum Gasteiger partial charge on any atom is 0.247 e. The lowest BCUT2D eigenvalue weighted by Gasteiger charge is -2.22. The summed E-state index contributed by atoms with van der Waals surface area (Å²) in [5.41, 5.74) is 2.50. The minimum atomic E-state index is -0.0985. The number of ether oxygens (including phenoxy) is 1. The highest BCUT2D eigenvalue weighted by Gasteiger charge is 2.16. The van der Waals surface area contributed by atoms with E-state index < -0.39 is 0 Å². The minimum Gasteiger partial charge on any atom is -0.496 e. The highest BCUT2D eigenvalue weighted by atomic mass is 35.5. The molecule has 0 bridgehead atoms. The number of rotatable bonds is 7. The fraction of sp³-hybridized carbons (Fsp3) is 0.238. The Morgan fingerprint density at radius 3 is 2.71 bits per heavy atom. The molecule has 28 heavy (non-hydrogen) atoms. The fourth-order valence-electron chi connectivity index (χ4n) is 2.94. The number of aryl methyl sites for hydroxylation is 2. The van der Waals surface area contributed by atoms with Gasteiger partial charge in [0.15, 0.2) is 0 Å². The number of benzene rings is 1. The predicted molar refractivity (Wildman–Crippen MR) is 114 cm³/mol. The average Bonchev–Trinajstić information content (AvgIpc) is 3.28. The number of amides is 1. The van der Waals surface area contributed by atoms with Gasteiger partial charge < -0.3 is 9.64 Å². The highest BCUT2D eigenvalue weighted by molar-refractivity contribution is 7.09. The topological polar surface area (TPSA) is 47.4 Å². The van der Waals surface area contributed by atoms with Crippen LogP contribution in [0.3, 0.4) is 0 Å². The Labute approximate surface area is 173 Å². The number of thiophene rings is 1. The average molecular weight is 416 g/mol. The maximum absolute atomic E-state index is 13.0. The van der Waals surface area contributed by atoms with Crippen LogP contribution >= 0.6 is 22.9 Å². The third-order valence-corrected chi connectivity index (χ3v) is 5.69. The van der Waals surface area contributed by atoms with Crippen LogP contribution in [-0.4, -0.2) is 27.7 Å². The van der Waals surface area contributed by atoms with E-state index in [0.29, 0.717) is 18.2 Å². The standard InChI is InChI=1S/C21H22ClN3O2S/c1-15-18(21(22)24(2)23-15)10-11-20(26)25(14-17-8-6-12-28-17)13-16-7-4-5-9-19(16)27-3/h4-12H,13-14H2,1-3H3/b11-10+. The van der Waals surface area contributed by atoms with Crippen molar-refractivity contribution in [2.24, 2.45) is 7.05 Å². The molecule has 146 valence electrons. The third-order valence-electron chi connectivity index (χ3n) is 4.38. The summed E-state index contributed by atoms with van der Waals surface area (Å²) in [7, 11) is 3.41. The SMILES string of the molecule is COc1ccccc1CN(Cc1cccs1)C(=O)/C=C/c1c(C)nn(C)c1Cl. The van der Waals surface area contributed by atoms with Crippen molar-refractivity contribution in [2.45, 2.75) is 20.0 Å². The monoisotopic (exact) mass is 415 g/mol. The van der Waals surface area contributed by atoms with E-state index >= 15 is 0 Å². The summed E-state index contributed by atoms with van der Waals surface area (Å²) >= 11 is 7.90. The molecule has 2 aromatic heterocycles. The first kappa shape index (κ1) is 20.2. The molecule has 3 aromatic rings. The van der Waals surface area contributed by atoms with Crippen molar-refractivity contribution in [1.82, 2.24) is 14.7 Å². The molecule has 2 heterocycles. The van der Waals surface area contributed by atoms with Gasteiger partial charge in [0.1, 0.15) is 10.9 Å². The summed E-state index contributed by atoms with van der Waals surface area (Å²) in [5, 5.41) is 6.80. The Kier molecular flexibility index (Phi) is 6.54. The van der Waals surface area contributed by atoms with Gasteiger partial charge in [-0.25, -0.2) is 0 Å². The molecule has 0 unspecified atom stereocenters. The normalized spacial score (nSPS) is 11.1. The second-order valence-corrected chi connectivity index (χ2v) is 7.72. The van der Waals surface area contributed by atoms with Gasteiger partial charge in [-0.15, -0.1) is 11.3 Å². The lowest BCUT2D eigenvalue weighted by molar-refractivity contribution is -0.127. The van der Waals surface area contributed by atoms with E-state index in [9.17, 15) is 4.79 Å². The van der Waals surface area contributed by atoms with E-state index in [4.69, 9.17) is 16.3 Å². The molecule has 5 nitrogen and oxygen atoms in total. The van der Waals surface area contributed by atoms with Crippen LogP contribution < -0.4 is 4.74 Å². The smallest absolute Gasteiger partial charge is 0.247 e. The van der Waals surface area contributed by atoms with Gasteiger partial charge >= 0.3 is 0 Å². The Morgan fingerprint density at radius 2 is 2.07 bits per heavy atom. The first-order valence-electron chi connectivity index (χ1n) is 8.80. The number of methoxy groups -OCH3 is 1. The number of carbonyl (C=O) groups is 1. The fourth-order valence-corrected chi connectivity index (χ4v) is 3.89. The van der Waals surface area contributed by atoms with Gasteiger partial charge in [0, 0.05) is 35.7 Å². The van der Waals surface area contributed by atoms with Crippen molar-refractivity contribution in [1.29, 1.82) is 0 Å². The largest absolute Gasteiger partial charge is 0.496 e. The molecule has 0 saturated carbocycles. The van der Waals surface area contributed by atoms with Crippen molar-refractivity contribution in [2.75, 3.05) is 7.11 Å². The molecular formula is C21H22ClN3O2S. The van der Waals surface area contributed by atoms with Gasteiger partial charge in [0.25, 0.3) is 0 Å². The summed E-state index contributed by atoms with van der Waals surface area (Å²) in [4.78, 5) is 15.9.